The van der Waals surface area contributed by atoms with Gasteiger partial charge in [-0.3, -0.25) is 4.79 Å². The predicted octanol–water partition coefficient (Wildman–Crippen LogP) is 3.80. The van der Waals surface area contributed by atoms with Crippen LogP contribution in [-0.4, -0.2) is 17.4 Å². The Hall–Kier alpha value is -2.36. The summed E-state index contributed by atoms with van der Waals surface area (Å²) in [4.78, 5) is 27.1. The molecule has 1 saturated carbocycles. The van der Waals surface area contributed by atoms with Crippen molar-refractivity contribution in [1.29, 1.82) is 0 Å². The molecule has 24 heavy (non-hydrogen) atoms. The quantitative estimate of drug-likeness (QED) is 0.863. The zero-order chi connectivity index (χ0) is 16.7. The van der Waals surface area contributed by atoms with Crippen LogP contribution >= 0.6 is 0 Å². The van der Waals surface area contributed by atoms with Crippen LogP contribution in [-0.2, 0) is 0 Å². The molecule has 1 saturated heterocycles. The predicted molar refractivity (Wildman–Crippen MR) is 91.1 cm³/mol. The Morgan fingerprint density at radius 2 is 1.92 bits per heavy atom. The van der Waals surface area contributed by atoms with Gasteiger partial charge in [0.1, 0.15) is 11.3 Å². The summed E-state index contributed by atoms with van der Waals surface area (Å²) < 4.78 is 5.47. The van der Waals surface area contributed by atoms with Gasteiger partial charge in [0.15, 0.2) is 0 Å². The van der Waals surface area contributed by atoms with Crippen LogP contribution in [0.1, 0.15) is 64.9 Å². The second-order valence-corrected chi connectivity index (χ2v) is 6.84. The molecule has 2 heterocycles. The van der Waals surface area contributed by atoms with E-state index in [0.717, 1.165) is 36.1 Å². The Morgan fingerprint density at radius 3 is 2.46 bits per heavy atom. The molecule has 4 heteroatoms. The third-order valence-electron chi connectivity index (χ3n) is 5.35. The second-order valence-electron chi connectivity index (χ2n) is 6.84. The second kappa shape index (κ2) is 5.93. The Balaban J connectivity index is 1.62. The molecule has 1 atom stereocenters. The monoisotopic (exact) mass is 323 g/mol. The number of nitrogens with zero attached hydrogens (tertiary/aromatic N) is 1. The molecule has 0 radical (unpaired) electrons. The summed E-state index contributed by atoms with van der Waals surface area (Å²) >= 11 is 0. The molecule has 0 bridgehead atoms. The van der Waals surface area contributed by atoms with Gasteiger partial charge >= 0.3 is 5.63 Å². The molecule has 1 aliphatic heterocycles. The maximum Gasteiger partial charge on any atom is 0.349 e. The molecule has 1 unspecified atom stereocenters. The van der Waals surface area contributed by atoms with Gasteiger partial charge in [-0.1, -0.05) is 36.8 Å². The fourth-order valence-electron chi connectivity index (χ4n) is 3.58. The number of likely N-dealkylation sites (tertiary alicyclic amines) is 1. The summed E-state index contributed by atoms with van der Waals surface area (Å²) in [7, 11) is 0. The normalized spacial score (nSPS) is 20.4. The highest BCUT2D eigenvalue weighted by Crippen LogP contribution is 2.37. The van der Waals surface area contributed by atoms with Crippen LogP contribution in [0.25, 0.3) is 0 Å². The van der Waals surface area contributed by atoms with Crippen LogP contribution < -0.4 is 5.63 Å². The van der Waals surface area contributed by atoms with Crippen molar-refractivity contribution in [3.05, 3.63) is 69.3 Å². The summed E-state index contributed by atoms with van der Waals surface area (Å²) in [5.74, 6) is 0.881. The van der Waals surface area contributed by atoms with Gasteiger partial charge in [-0.05, 0) is 43.4 Å². The maximum absolute atomic E-state index is 12.9. The summed E-state index contributed by atoms with van der Waals surface area (Å²) in [5.41, 5.74) is 1.56. The summed E-state index contributed by atoms with van der Waals surface area (Å²) in [6.07, 6.45) is 4.25. The summed E-state index contributed by atoms with van der Waals surface area (Å²) in [5, 5.41) is 0. The minimum absolute atomic E-state index is 0.0591. The van der Waals surface area contributed by atoms with Crippen molar-refractivity contribution in [2.45, 2.75) is 44.6 Å². The van der Waals surface area contributed by atoms with Gasteiger partial charge in [0, 0.05) is 12.5 Å². The van der Waals surface area contributed by atoms with Crippen LogP contribution in [0, 0.1) is 6.92 Å². The van der Waals surface area contributed by atoms with Crippen molar-refractivity contribution < 1.29 is 9.21 Å². The van der Waals surface area contributed by atoms with E-state index in [1.54, 1.807) is 4.90 Å². The lowest BCUT2D eigenvalue weighted by molar-refractivity contribution is 0.0454. The number of benzene rings is 1. The van der Waals surface area contributed by atoms with Crippen molar-refractivity contribution in [1.82, 2.24) is 4.90 Å². The minimum Gasteiger partial charge on any atom is -0.427 e. The lowest BCUT2D eigenvalue weighted by Crippen LogP contribution is -2.46. The average Bonchev–Trinajstić information content (AvgIpc) is 2.44. The smallest absolute Gasteiger partial charge is 0.349 e. The maximum atomic E-state index is 12.9. The highest BCUT2D eigenvalue weighted by atomic mass is 16.4. The third kappa shape index (κ3) is 2.46. The van der Waals surface area contributed by atoms with Crippen molar-refractivity contribution in [3.63, 3.8) is 0 Å². The highest BCUT2D eigenvalue weighted by Gasteiger charge is 2.36. The van der Waals surface area contributed by atoms with E-state index in [0.29, 0.717) is 12.5 Å². The van der Waals surface area contributed by atoms with Gasteiger partial charge in [0.05, 0.1) is 6.04 Å². The first-order chi connectivity index (χ1) is 11.6. The van der Waals surface area contributed by atoms with Crippen LogP contribution in [0.15, 0.2) is 45.6 Å². The molecule has 2 aromatic rings. The topological polar surface area (TPSA) is 50.5 Å². The Labute approximate surface area is 141 Å². The lowest BCUT2D eigenvalue weighted by Gasteiger charge is -2.41. The minimum atomic E-state index is -0.486. The summed E-state index contributed by atoms with van der Waals surface area (Å²) in [6, 6.07) is 11.9. The molecule has 1 aliphatic carbocycles. The molecule has 4 nitrogen and oxygen atoms in total. The number of amides is 1. The van der Waals surface area contributed by atoms with Gasteiger partial charge < -0.3 is 9.32 Å². The molecular formula is C20H21NO3. The first kappa shape index (κ1) is 15.2. The zero-order valence-corrected chi connectivity index (χ0v) is 13.8. The number of carbonyl (C=O) groups is 1. The van der Waals surface area contributed by atoms with E-state index in [9.17, 15) is 9.59 Å². The zero-order valence-electron chi connectivity index (χ0n) is 13.8. The number of aryl methyl sites for hydroxylation is 1. The van der Waals surface area contributed by atoms with Gasteiger partial charge in [-0.2, -0.15) is 0 Å². The van der Waals surface area contributed by atoms with E-state index in [1.807, 2.05) is 43.3 Å². The molecule has 0 N–H and O–H groups in total. The van der Waals surface area contributed by atoms with E-state index in [-0.39, 0.29) is 17.5 Å². The molecule has 124 valence electrons. The van der Waals surface area contributed by atoms with Crippen LogP contribution in [0.3, 0.4) is 0 Å². The van der Waals surface area contributed by atoms with Crippen molar-refractivity contribution in [2.75, 3.05) is 6.54 Å². The average molecular weight is 323 g/mol. The summed E-state index contributed by atoms with van der Waals surface area (Å²) in [6.45, 7) is 2.52. The molecular weight excluding hydrogens is 302 g/mol. The first-order valence-electron chi connectivity index (χ1n) is 8.65. The van der Waals surface area contributed by atoms with Crippen LogP contribution in [0.4, 0.5) is 0 Å². The van der Waals surface area contributed by atoms with Gasteiger partial charge in [0.25, 0.3) is 5.91 Å². The first-order valence-corrected chi connectivity index (χ1v) is 8.65. The van der Waals surface area contributed by atoms with Crippen molar-refractivity contribution in [3.8, 4) is 0 Å². The molecule has 2 aliphatic rings. The van der Waals surface area contributed by atoms with E-state index in [2.05, 4.69) is 0 Å². The van der Waals surface area contributed by atoms with Gasteiger partial charge in [0.2, 0.25) is 0 Å². The molecule has 2 fully saturated rings. The van der Waals surface area contributed by atoms with Crippen molar-refractivity contribution in [2.24, 2.45) is 0 Å². The Kier molecular flexibility index (Phi) is 3.75. The number of rotatable bonds is 3. The van der Waals surface area contributed by atoms with E-state index in [4.69, 9.17) is 4.42 Å². The number of carbonyl (C=O) groups excluding carboxylic acids is 1. The van der Waals surface area contributed by atoms with E-state index < -0.39 is 5.63 Å². The molecule has 1 amide bonds. The molecule has 4 rings (SSSR count). The molecule has 1 aromatic carbocycles. The van der Waals surface area contributed by atoms with Crippen molar-refractivity contribution >= 4 is 5.91 Å². The number of hydrogen-bond donors (Lipinski definition) is 0. The van der Waals surface area contributed by atoms with Crippen LogP contribution in [0.2, 0.25) is 0 Å². The lowest BCUT2D eigenvalue weighted by atomic mass is 9.83. The largest absolute Gasteiger partial charge is 0.427 e. The fourth-order valence-corrected chi connectivity index (χ4v) is 3.58. The van der Waals surface area contributed by atoms with Crippen LogP contribution in [0.5, 0.6) is 0 Å². The number of hydrogen-bond acceptors (Lipinski definition) is 3. The van der Waals surface area contributed by atoms with Gasteiger partial charge in [-0.25, -0.2) is 4.79 Å². The Morgan fingerprint density at radius 1 is 1.17 bits per heavy atom. The molecule has 1 aromatic heterocycles. The molecule has 0 spiro atoms. The van der Waals surface area contributed by atoms with E-state index in [1.165, 1.54) is 6.42 Å². The van der Waals surface area contributed by atoms with Gasteiger partial charge in [-0.15, -0.1) is 0 Å². The Bertz CT molecular complexity index is 821. The third-order valence-corrected chi connectivity index (χ3v) is 5.35. The SMILES string of the molecule is Cc1cc(C2CCC2)oc(=O)c1C(=O)N1CCC1c1ccccc1. The standard InChI is InChI=1S/C20H21NO3/c1-13-12-17(15-8-5-9-15)24-20(23)18(13)19(22)21-11-10-16(21)14-6-3-2-4-7-14/h2-4,6-7,12,15-16H,5,8-11H2,1H3. The highest BCUT2D eigenvalue weighted by molar-refractivity contribution is 5.96. The van der Waals surface area contributed by atoms with E-state index >= 15 is 0 Å². The fraction of sp³-hybridized carbons (Fsp3) is 0.400.